The highest BCUT2D eigenvalue weighted by Gasteiger charge is 2.26. The SMILES string of the molecule is Cc1sc(NC(=O)c2ccco2)c(C[NH+]2CC[NH+](Cc3ccccc3)CC2)c1C. The number of carbonyl (C=O) groups excluding carboxylic acids is 1. The summed E-state index contributed by atoms with van der Waals surface area (Å²) < 4.78 is 5.24. The van der Waals surface area contributed by atoms with E-state index in [0.29, 0.717) is 5.76 Å². The Morgan fingerprint density at radius 1 is 1.00 bits per heavy atom. The summed E-state index contributed by atoms with van der Waals surface area (Å²) >= 11 is 1.67. The Labute approximate surface area is 175 Å². The Balaban J connectivity index is 1.38. The Kier molecular flexibility index (Phi) is 6.13. The van der Waals surface area contributed by atoms with Gasteiger partial charge in [0.25, 0.3) is 5.91 Å². The molecule has 0 atom stereocenters. The third-order valence-electron chi connectivity index (χ3n) is 5.87. The quantitative estimate of drug-likeness (QED) is 0.578. The molecule has 6 heteroatoms. The average molecular weight is 412 g/mol. The average Bonchev–Trinajstić information content (AvgIpc) is 3.35. The molecule has 3 aromatic rings. The molecule has 3 N–H and O–H groups in total. The molecule has 4 rings (SSSR count). The molecule has 1 aliphatic rings. The first-order chi connectivity index (χ1) is 14.1. The molecule has 1 amide bonds. The molecule has 1 aromatic carbocycles. The Bertz CT molecular complexity index is 942. The maximum absolute atomic E-state index is 12.4. The van der Waals surface area contributed by atoms with Gasteiger partial charge in [0.15, 0.2) is 5.76 Å². The number of furan rings is 1. The zero-order valence-electron chi connectivity index (χ0n) is 17.1. The zero-order valence-corrected chi connectivity index (χ0v) is 17.9. The van der Waals surface area contributed by atoms with Crippen molar-refractivity contribution in [3.63, 3.8) is 0 Å². The lowest BCUT2D eigenvalue weighted by Crippen LogP contribution is -3.27. The van der Waals surface area contributed by atoms with E-state index >= 15 is 0 Å². The lowest BCUT2D eigenvalue weighted by atomic mass is 10.1. The van der Waals surface area contributed by atoms with Gasteiger partial charge in [-0.05, 0) is 31.5 Å². The van der Waals surface area contributed by atoms with Gasteiger partial charge in [-0.25, -0.2) is 0 Å². The van der Waals surface area contributed by atoms with Crippen LogP contribution in [-0.2, 0) is 13.1 Å². The molecule has 0 spiro atoms. The number of benzene rings is 1. The second-order valence-corrected chi connectivity index (χ2v) is 9.09. The van der Waals surface area contributed by atoms with E-state index in [2.05, 4.69) is 49.5 Å². The normalized spacial score (nSPS) is 19.2. The molecule has 152 valence electrons. The van der Waals surface area contributed by atoms with Gasteiger partial charge in [0.05, 0.1) is 6.26 Å². The van der Waals surface area contributed by atoms with Gasteiger partial charge in [0, 0.05) is 16.0 Å². The molecule has 0 aliphatic carbocycles. The predicted molar refractivity (Wildman–Crippen MR) is 116 cm³/mol. The number of anilines is 1. The Hall–Kier alpha value is -2.41. The summed E-state index contributed by atoms with van der Waals surface area (Å²) in [6.45, 7) is 11.0. The van der Waals surface area contributed by atoms with Crippen LogP contribution in [0.5, 0.6) is 0 Å². The molecule has 3 heterocycles. The van der Waals surface area contributed by atoms with Crippen molar-refractivity contribution in [1.29, 1.82) is 0 Å². The van der Waals surface area contributed by atoms with Crippen LogP contribution in [0.3, 0.4) is 0 Å². The van der Waals surface area contributed by atoms with Crippen LogP contribution in [0, 0.1) is 13.8 Å². The molecule has 2 aromatic heterocycles. The first-order valence-corrected chi connectivity index (χ1v) is 11.1. The van der Waals surface area contributed by atoms with Crippen molar-refractivity contribution < 1.29 is 19.0 Å². The van der Waals surface area contributed by atoms with Gasteiger partial charge < -0.3 is 19.5 Å². The fourth-order valence-electron chi connectivity index (χ4n) is 4.01. The second kappa shape index (κ2) is 8.95. The number of piperazine rings is 1. The lowest BCUT2D eigenvalue weighted by Gasteiger charge is -2.30. The number of thiophene rings is 1. The third-order valence-corrected chi connectivity index (χ3v) is 7.03. The van der Waals surface area contributed by atoms with E-state index in [4.69, 9.17) is 4.42 Å². The smallest absolute Gasteiger partial charge is 0.291 e. The number of hydrogen-bond donors (Lipinski definition) is 3. The monoisotopic (exact) mass is 411 g/mol. The Morgan fingerprint density at radius 3 is 2.34 bits per heavy atom. The van der Waals surface area contributed by atoms with Gasteiger partial charge in [-0.15, -0.1) is 11.3 Å². The van der Waals surface area contributed by atoms with Crippen molar-refractivity contribution in [3.05, 3.63) is 76.1 Å². The van der Waals surface area contributed by atoms with E-state index in [9.17, 15) is 4.79 Å². The molecule has 0 unspecified atom stereocenters. The standard InChI is InChI=1S/C23H27N3O2S/c1-17-18(2)29-23(24-22(27)21-9-6-14-28-21)20(17)16-26-12-10-25(11-13-26)15-19-7-4-3-5-8-19/h3-9,14H,10-13,15-16H2,1-2H3,(H,24,27)/p+2. The minimum Gasteiger partial charge on any atom is -0.459 e. The summed E-state index contributed by atoms with van der Waals surface area (Å²) in [5, 5.41) is 4.04. The van der Waals surface area contributed by atoms with E-state index in [1.807, 2.05) is 0 Å². The van der Waals surface area contributed by atoms with E-state index in [1.54, 1.807) is 33.3 Å². The van der Waals surface area contributed by atoms with Crippen LogP contribution in [0.4, 0.5) is 5.00 Å². The molecule has 1 saturated heterocycles. The summed E-state index contributed by atoms with van der Waals surface area (Å²) in [4.78, 5) is 17.0. The van der Waals surface area contributed by atoms with Gasteiger partial charge in [-0.3, -0.25) is 4.79 Å². The van der Waals surface area contributed by atoms with E-state index < -0.39 is 0 Å². The molecule has 0 bridgehead atoms. The van der Waals surface area contributed by atoms with Crippen molar-refractivity contribution in [2.24, 2.45) is 0 Å². The zero-order chi connectivity index (χ0) is 20.2. The van der Waals surface area contributed by atoms with Crippen molar-refractivity contribution in [1.82, 2.24) is 0 Å². The van der Waals surface area contributed by atoms with Crippen LogP contribution in [0.25, 0.3) is 0 Å². The fraction of sp³-hybridized carbons (Fsp3) is 0.348. The molecule has 29 heavy (non-hydrogen) atoms. The topological polar surface area (TPSA) is 51.1 Å². The van der Waals surface area contributed by atoms with Crippen LogP contribution in [0.1, 0.15) is 32.1 Å². The summed E-state index contributed by atoms with van der Waals surface area (Å²) in [7, 11) is 0. The largest absolute Gasteiger partial charge is 0.459 e. The molecular formula is C23H29N3O2S+2. The lowest BCUT2D eigenvalue weighted by molar-refractivity contribution is -1.02. The molecule has 1 fully saturated rings. The van der Waals surface area contributed by atoms with E-state index in [-0.39, 0.29) is 5.91 Å². The fourth-order valence-corrected chi connectivity index (χ4v) is 5.08. The third kappa shape index (κ3) is 4.78. The van der Waals surface area contributed by atoms with Crippen LogP contribution >= 0.6 is 11.3 Å². The van der Waals surface area contributed by atoms with Crippen LogP contribution in [0.2, 0.25) is 0 Å². The molecular weight excluding hydrogens is 382 g/mol. The van der Waals surface area contributed by atoms with Gasteiger partial charge in [0.1, 0.15) is 44.3 Å². The summed E-state index contributed by atoms with van der Waals surface area (Å²) in [6.07, 6.45) is 1.53. The number of aryl methyl sites for hydroxylation is 1. The van der Waals surface area contributed by atoms with Gasteiger partial charge >= 0.3 is 0 Å². The number of rotatable bonds is 6. The predicted octanol–water partition coefficient (Wildman–Crippen LogP) is 1.69. The summed E-state index contributed by atoms with van der Waals surface area (Å²) in [6, 6.07) is 14.2. The second-order valence-electron chi connectivity index (χ2n) is 7.86. The highest BCUT2D eigenvalue weighted by molar-refractivity contribution is 7.16. The molecule has 0 saturated carbocycles. The van der Waals surface area contributed by atoms with E-state index in [0.717, 1.165) is 31.2 Å². The van der Waals surface area contributed by atoms with E-state index in [1.165, 1.54) is 40.9 Å². The number of quaternary nitrogens is 2. The maximum Gasteiger partial charge on any atom is 0.291 e. The van der Waals surface area contributed by atoms with Crippen molar-refractivity contribution >= 4 is 22.2 Å². The van der Waals surface area contributed by atoms with Crippen LogP contribution in [-0.4, -0.2) is 32.1 Å². The number of nitrogens with one attached hydrogen (secondary N) is 3. The van der Waals surface area contributed by atoms with Gasteiger partial charge in [0.2, 0.25) is 0 Å². The summed E-state index contributed by atoms with van der Waals surface area (Å²) in [5.74, 6) is 0.176. The van der Waals surface area contributed by atoms with Crippen LogP contribution < -0.4 is 15.1 Å². The maximum atomic E-state index is 12.4. The first kappa shape index (κ1) is 19.9. The minimum atomic E-state index is -0.176. The number of hydrogen-bond acceptors (Lipinski definition) is 3. The van der Waals surface area contributed by atoms with Crippen LogP contribution in [0.15, 0.2) is 53.1 Å². The highest BCUT2D eigenvalue weighted by Crippen LogP contribution is 2.32. The Morgan fingerprint density at radius 2 is 1.69 bits per heavy atom. The molecule has 1 aliphatic heterocycles. The van der Waals surface area contributed by atoms with Crippen molar-refractivity contribution in [2.75, 3.05) is 31.5 Å². The molecule has 0 radical (unpaired) electrons. The first-order valence-electron chi connectivity index (χ1n) is 10.2. The molecule has 5 nitrogen and oxygen atoms in total. The van der Waals surface area contributed by atoms with Crippen molar-refractivity contribution in [3.8, 4) is 0 Å². The number of amides is 1. The number of carbonyl (C=O) groups is 1. The van der Waals surface area contributed by atoms with Gasteiger partial charge in [-0.2, -0.15) is 0 Å². The van der Waals surface area contributed by atoms with Gasteiger partial charge in [-0.1, -0.05) is 30.3 Å². The summed E-state index contributed by atoms with van der Waals surface area (Å²) in [5.41, 5.74) is 3.99. The van der Waals surface area contributed by atoms with Crippen molar-refractivity contribution in [2.45, 2.75) is 26.9 Å². The minimum absolute atomic E-state index is 0.176. The highest BCUT2D eigenvalue weighted by atomic mass is 32.1.